The van der Waals surface area contributed by atoms with Crippen LogP contribution in [0.15, 0.2) is 34.7 Å². The number of methoxy groups -OCH3 is 1. The predicted octanol–water partition coefficient (Wildman–Crippen LogP) is 3.08. The van der Waals surface area contributed by atoms with E-state index >= 15 is 0 Å². The second-order valence-electron chi connectivity index (χ2n) is 4.40. The monoisotopic (exact) mass is 280 g/mol. The number of hydrogen-bond donors (Lipinski definition) is 1. The number of nitrogens with two attached hydrogens (primary N) is 1. The van der Waals surface area contributed by atoms with Crippen molar-refractivity contribution in [1.29, 1.82) is 0 Å². The Bertz CT molecular complexity index is 537. The lowest BCUT2D eigenvalue weighted by Crippen LogP contribution is -2.82. The molecule has 0 fully saturated rings. The first-order chi connectivity index (χ1) is 9.24. The summed E-state index contributed by atoms with van der Waals surface area (Å²) in [5.74, 6) is 2.49. The van der Waals surface area contributed by atoms with Gasteiger partial charge in [0.15, 0.2) is 5.76 Å². The molecule has 102 valence electrons. The van der Waals surface area contributed by atoms with Gasteiger partial charge in [0, 0.05) is 5.56 Å². The Morgan fingerprint density at radius 2 is 2.11 bits per heavy atom. The van der Waals surface area contributed by atoms with E-state index in [-0.39, 0.29) is 0 Å². The van der Waals surface area contributed by atoms with Crippen LogP contribution >= 0.6 is 11.6 Å². The first-order valence-electron chi connectivity index (χ1n) is 6.49. The summed E-state index contributed by atoms with van der Waals surface area (Å²) in [5.41, 5.74) is 0.965. The summed E-state index contributed by atoms with van der Waals surface area (Å²) >= 11 is 6.12. The van der Waals surface area contributed by atoms with Crippen molar-refractivity contribution < 1.29 is 14.5 Å². The summed E-state index contributed by atoms with van der Waals surface area (Å²) in [6.45, 7) is 4.16. The number of hydrogen-bond acceptors (Lipinski definition) is 2. The maximum atomic E-state index is 6.12. The van der Waals surface area contributed by atoms with Gasteiger partial charge in [-0.1, -0.05) is 18.5 Å². The SMILES string of the molecule is CCC[NH2+]Cc1ccc(-c2ccc(OC)c(Cl)c2)o1. The molecule has 0 aliphatic heterocycles. The van der Waals surface area contributed by atoms with Crippen LogP contribution in [0.3, 0.4) is 0 Å². The quantitative estimate of drug-likeness (QED) is 0.826. The number of rotatable bonds is 6. The largest absolute Gasteiger partial charge is 0.495 e. The highest BCUT2D eigenvalue weighted by atomic mass is 35.5. The molecule has 1 heterocycles. The fourth-order valence-electron chi connectivity index (χ4n) is 1.91. The van der Waals surface area contributed by atoms with Crippen LogP contribution < -0.4 is 10.1 Å². The van der Waals surface area contributed by atoms with Gasteiger partial charge in [-0.2, -0.15) is 0 Å². The smallest absolute Gasteiger partial charge is 0.158 e. The minimum Gasteiger partial charge on any atom is -0.495 e. The molecule has 3 nitrogen and oxygen atoms in total. The van der Waals surface area contributed by atoms with Gasteiger partial charge in [0.05, 0.1) is 18.7 Å². The molecule has 0 saturated heterocycles. The number of benzene rings is 1. The molecular formula is C15H19ClNO2+. The Balaban J connectivity index is 2.11. The van der Waals surface area contributed by atoms with Crippen molar-refractivity contribution >= 4 is 11.6 Å². The van der Waals surface area contributed by atoms with Crippen LogP contribution in [0.25, 0.3) is 11.3 Å². The van der Waals surface area contributed by atoms with Gasteiger partial charge in [0.25, 0.3) is 0 Å². The summed E-state index contributed by atoms with van der Waals surface area (Å²) in [6.07, 6.45) is 1.17. The minimum absolute atomic E-state index is 0.593. The lowest BCUT2D eigenvalue weighted by atomic mass is 10.2. The molecule has 0 amide bonds. The van der Waals surface area contributed by atoms with Gasteiger partial charge in [-0.25, -0.2) is 0 Å². The first kappa shape index (κ1) is 14.0. The molecule has 2 aromatic rings. The van der Waals surface area contributed by atoms with Crippen molar-refractivity contribution in [3.05, 3.63) is 41.1 Å². The van der Waals surface area contributed by atoms with Gasteiger partial charge in [0.2, 0.25) is 0 Å². The van der Waals surface area contributed by atoms with E-state index in [0.29, 0.717) is 10.8 Å². The lowest BCUT2D eigenvalue weighted by molar-refractivity contribution is -0.672. The highest BCUT2D eigenvalue weighted by Gasteiger charge is 2.08. The van der Waals surface area contributed by atoms with Crippen molar-refractivity contribution in [2.24, 2.45) is 0 Å². The first-order valence-corrected chi connectivity index (χ1v) is 6.86. The molecular weight excluding hydrogens is 262 g/mol. The van der Waals surface area contributed by atoms with Crippen molar-refractivity contribution in [3.8, 4) is 17.1 Å². The minimum atomic E-state index is 0.593. The molecule has 0 atom stereocenters. The second-order valence-corrected chi connectivity index (χ2v) is 4.80. The fourth-order valence-corrected chi connectivity index (χ4v) is 2.17. The number of halogens is 1. The molecule has 2 N–H and O–H groups in total. The van der Waals surface area contributed by atoms with Gasteiger partial charge in [-0.3, -0.25) is 0 Å². The van der Waals surface area contributed by atoms with Gasteiger partial charge in [-0.05, 0) is 36.8 Å². The molecule has 19 heavy (non-hydrogen) atoms. The fraction of sp³-hybridized carbons (Fsp3) is 0.333. The molecule has 1 aromatic carbocycles. The Kier molecular flexibility index (Phi) is 4.88. The maximum Gasteiger partial charge on any atom is 0.158 e. The van der Waals surface area contributed by atoms with Crippen LogP contribution in [0.4, 0.5) is 0 Å². The van der Waals surface area contributed by atoms with E-state index in [0.717, 1.165) is 30.2 Å². The standard InChI is InChI=1S/C15H18ClNO2/c1-3-8-17-10-12-5-7-14(19-12)11-4-6-15(18-2)13(16)9-11/h4-7,9,17H,3,8,10H2,1-2H3/p+1. The van der Waals surface area contributed by atoms with Crippen LogP contribution in [0.5, 0.6) is 5.75 Å². The molecule has 0 spiro atoms. The van der Waals surface area contributed by atoms with Crippen LogP contribution in [-0.2, 0) is 6.54 Å². The van der Waals surface area contributed by atoms with Crippen molar-refractivity contribution in [1.82, 2.24) is 0 Å². The van der Waals surface area contributed by atoms with Crippen molar-refractivity contribution in [3.63, 3.8) is 0 Å². The van der Waals surface area contributed by atoms with E-state index in [4.69, 9.17) is 20.8 Å². The van der Waals surface area contributed by atoms with Crippen LogP contribution in [0.1, 0.15) is 19.1 Å². The molecule has 0 aliphatic carbocycles. The topological polar surface area (TPSA) is 39.0 Å². The van der Waals surface area contributed by atoms with E-state index in [1.54, 1.807) is 7.11 Å². The Hall–Kier alpha value is -1.45. The van der Waals surface area contributed by atoms with Crippen LogP contribution in [0, 0.1) is 0 Å². The number of quaternary nitrogens is 1. The Morgan fingerprint density at radius 1 is 1.26 bits per heavy atom. The van der Waals surface area contributed by atoms with E-state index in [1.165, 1.54) is 6.42 Å². The molecule has 0 saturated carbocycles. The van der Waals surface area contributed by atoms with Gasteiger partial charge >= 0.3 is 0 Å². The summed E-state index contributed by atoms with van der Waals surface area (Å²) in [5, 5.41) is 2.83. The van der Waals surface area contributed by atoms with Gasteiger partial charge in [-0.15, -0.1) is 0 Å². The summed E-state index contributed by atoms with van der Waals surface area (Å²) in [7, 11) is 1.61. The van der Waals surface area contributed by atoms with E-state index in [2.05, 4.69) is 12.2 Å². The summed E-state index contributed by atoms with van der Waals surface area (Å²) in [6, 6.07) is 9.65. The van der Waals surface area contributed by atoms with Gasteiger partial charge < -0.3 is 14.5 Å². The highest BCUT2D eigenvalue weighted by Crippen LogP contribution is 2.30. The molecule has 0 aliphatic rings. The Labute approximate surface area is 118 Å². The number of furan rings is 1. The molecule has 4 heteroatoms. The molecule has 0 radical (unpaired) electrons. The zero-order valence-corrected chi connectivity index (χ0v) is 12.0. The molecule has 2 rings (SSSR count). The normalized spacial score (nSPS) is 10.7. The Morgan fingerprint density at radius 3 is 2.79 bits per heavy atom. The summed E-state index contributed by atoms with van der Waals surface area (Å²) < 4.78 is 11.0. The van der Waals surface area contributed by atoms with Crippen LogP contribution in [-0.4, -0.2) is 13.7 Å². The lowest BCUT2D eigenvalue weighted by Gasteiger charge is -2.04. The van der Waals surface area contributed by atoms with Crippen molar-refractivity contribution in [2.45, 2.75) is 19.9 Å². The highest BCUT2D eigenvalue weighted by molar-refractivity contribution is 6.32. The third-order valence-electron chi connectivity index (χ3n) is 2.94. The van der Waals surface area contributed by atoms with E-state index < -0.39 is 0 Å². The second kappa shape index (κ2) is 6.64. The number of ether oxygens (including phenoxy) is 1. The van der Waals surface area contributed by atoms with E-state index in [9.17, 15) is 0 Å². The molecule has 0 bridgehead atoms. The average Bonchev–Trinajstić information content (AvgIpc) is 2.88. The molecule has 1 aromatic heterocycles. The predicted molar refractivity (Wildman–Crippen MR) is 76.5 cm³/mol. The summed E-state index contributed by atoms with van der Waals surface area (Å²) in [4.78, 5) is 0. The maximum absolute atomic E-state index is 6.12. The van der Waals surface area contributed by atoms with E-state index in [1.807, 2.05) is 30.3 Å². The zero-order chi connectivity index (χ0) is 13.7. The van der Waals surface area contributed by atoms with Crippen LogP contribution in [0.2, 0.25) is 5.02 Å². The van der Waals surface area contributed by atoms with Crippen molar-refractivity contribution in [2.75, 3.05) is 13.7 Å². The average molecular weight is 281 g/mol. The third-order valence-corrected chi connectivity index (χ3v) is 3.23. The van der Waals surface area contributed by atoms with Gasteiger partial charge in [0.1, 0.15) is 18.1 Å². The molecule has 0 unspecified atom stereocenters. The zero-order valence-electron chi connectivity index (χ0n) is 11.3. The third kappa shape index (κ3) is 3.52.